The molecule has 0 aromatic carbocycles. The van der Waals surface area contributed by atoms with Gasteiger partial charge in [-0.2, -0.15) is 0 Å². The topological polar surface area (TPSA) is 29.3 Å². The van der Waals surface area contributed by atoms with E-state index in [1.54, 1.807) is 0 Å². The van der Waals surface area contributed by atoms with Gasteiger partial charge in [-0.05, 0) is 50.2 Å². The number of hydrogen-bond donors (Lipinski definition) is 1. The summed E-state index contributed by atoms with van der Waals surface area (Å²) in [6.07, 6.45) is 5.32. The molecule has 1 rings (SSSR count). The Labute approximate surface area is 95.2 Å². The van der Waals surface area contributed by atoms with Crippen LogP contribution in [0.5, 0.6) is 0 Å². The SMILES string of the molecule is CN(CCC(C)(C)C)CC1(CN)CCC1. The highest BCUT2D eigenvalue weighted by molar-refractivity contribution is 4.90. The van der Waals surface area contributed by atoms with Gasteiger partial charge in [-0.25, -0.2) is 0 Å². The summed E-state index contributed by atoms with van der Waals surface area (Å²) in [6, 6.07) is 0. The molecule has 1 saturated carbocycles. The van der Waals surface area contributed by atoms with Crippen molar-refractivity contribution in [2.45, 2.75) is 46.5 Å². The minimum Gasteiger partial charge on any atom is -0.330 e. The lowest BCUT2D eigenvalue weighted by molar-refractivity contribution is 0.0824. The molecular weight excluding hydrogens is 184 g/mol. The largest absolute Gasteiger partial charge is 0.330 e. The molecule has 0 atom stereocenters. The molecular formula is C13H28N2. The maximum Gasteiger partial charge on any atom is 0.00470 e. The van der Waals surface area contributed by atoms with E-state index in [0.29, 0.717) is 10.8 Å². The highest BCUT2D eigenvalue weighted by Gasteiger charge is 2.36. The second-order valence-corrected chi connectivity index (χ2v) is 6.61. The van der Waals surface area contributed by atoms with Crippen molar-refractivity contribution < 1.29 is 0 Å². The van der Waals surface area contributed by atoms with E-state index in [4.69, 9.17) is 5.73 Å². The molecule has 0 aromatic rings. The maximum atomic E-state index is 5.87. The third-order valence-electron chi connectivity index (χ3n) is 3.70. The molecule has 0 saturated heterocycles. The third kappa shape index (κ3) is 4.12. The predicted octanol–water partition coefficient (Wildman–Crippen LogP) is 2.48. The highest BCUT2D eigenvalue weighted by atomic mass is 15.1. The number of hydrogen-bond acceptors (Lipinski definition) is 2. The standard InChI is InChI=1S/C13H28N2/c1-12(2,3)8-9-15(4)11-13(10-14)6-5-7-13/h5-11,14H2,1-4H3. The second kappa shape index (κ2) is 4.84. The van der Waals surface area contributed by atoms with Gasteiger partial charge < -0.3 is 10.6 Å². The van der Waals surface area contributed by atoms with Crippen LogP contribution in [0, 0.1) is 10.8 Å². The summed E-state index contributed by atoms with van der Waals surface area (Å²) in [5, 5.41) is 0. The molecule has 0 aromatic heterocycles. The van der Waals surface area contributed by atoms with E-state index in [2.05, 4.69) is 32.7 Å². The fourth-order valence-corrected chi connectivity index (χ4v) is 2.28. The quantitative estimate of drug-likeness (QED) is 0.758. The molecule has 0 radical (unpaired) electrons. The molecule has 1 aliphatic rings. The van der Waals surface area contributed by atoms with Gasteiger partial charge in [0, 0.05) is 6.54 Å². The first-order valence-corrected chi connectivity index (χ1v) is 6.26. The fraction of sp³-hybridized carbons (Fsp3) is 1.00. The smallest absolute Gasteiger partial charge is 0.00470 e. The van der Waals surface area contributed by atoms with E-state index in [9.17, 15) is 0 Å². The first kappa shape index (κ1) is 13.0. The summed E-state index contributed by atoms with van der Waals surface area (Å²) in [6.45, 7) is 10.2. The summed E-state index contributed by atoms with van der Waals surface area (Å²) >= 11 is 0. The third-order valence-corrected chi connectivity index (χ3v) is 3.70. The molecule has 0 aliphatic heterocycles. The van der Waals surface area contributed by atoms with Gasteiger partial charge >= 0.3 is 0 Å². The lowest BCUT2D eigenvalue weighted by Gasteiger charge is -2.44. The van der Waals surface area contributed by atoms with Gasteiger partial charge in [0.25, 0.3) is 0 Å². The van der Waals surface area contributed by atoms with Crippen molar-refractivity contribution in [1.29, 1.82) is 0 Å². The van der Waals surface area contributed by atoms with Crippen LogP contribution in [-0.4, -0.2) is 31.6 Å². The van der Waals surface area contributed by atoms with Crippen LogP contribution in [-0.2, 0) is 0 Å². The van der Waals surface area contributed by atoms with Gasteiger partial charge in [0.1, 0.15) is 0 Å². The molecule has 0 amide bonds. The van der Waals surface area contributed by atoms with E-state index in [-0.39, 0.29) is 0 Å². The van der Waals surface area contributed by atoms with Crippen LogP contribution in [0.3, 0.4) is 0 Å². The average molecular weight is 212 g/mol. The van der Waals surface area contributed by atoms with Crippen molar-refractivity contribution in [3.05, 3.63) is 0 Å². The highest BCUT2D eigenvalue weighted by Crippen LogP contribution is 2.40. The van der Waals surface area contributed by atoms with Gasteiger partial charge in [-0.1, -0.05) is 27.2 Å². The number of nitrogens with zero attached hydrogens (tertiary/aromatic N) is 1. The minimum absolute atomic E-state index is 0.448. The molecule has 0 heterocycles. The van der Waals surface area contributed by atoms with Crippen LogP contribution in [0.4, 0.5) is 0 Å². The second-order valence-electron chi connectivity index (χ2n) is 6.61. The zero-order valence-electron chi connectivity index (χ0n) is 11.0. The molecule has 15 heavy (non-hydrogen) atoms. The Morgan fingerprint density at radius 1 is 1.27 bits per heavy atom. The molecule has 90 valence electrons. The van der Waals surface area contributed by atoms with E-state index < -0.39 is 0 Å². The van der Waals surface area contributed by atoms with Crippen LogP contribution in [0.15, 0.2) is 0 Å². The van der Waals surface area contributed by atoms with Gasteiger partial charge in [-0.15, -0.1) is 0 Å². The number of nitrogens with two attached hydrogens (primary N) is 1. The van der Waals surface area contributed by atoms with Gasteiger partial charge in [0.15, 0.2) is 0 Å². The molecule has 0 spiro atoms. The Balaban J connectivity index is 2.26. The first-order valence-electron chi connectivity index (χ1n) is 6.26. The van der Waals surface area contributed by atoms with Gasteiger partial charge in [-0.3, -0.25) is 0 Å². The predicted molar refractivity (Wildman–Crippen MR) is 66.9 cm³/mol. The minimum atomic E-state index is 0.448. The Morgan fingerprint density at radius 3 is 2.20 bits per heavy atom. The van der Waals surface area contributed by atoms with Crippen LogP contribution >= 0.6 is 0 Å². The summed E-state index contributed by atoms with van der Waals surface area (Å²) in [4.78, 5) is 2.47. The van der Waals surface area contributed by atoms with E-state index in [1.165, 1.54) is 38.8 Å². The van der Waals surface area contributed by atoms with E-state index in [1.807, 2.05) is 0 Å². The Kier molecular flexibility index (Phi) is 4.19. The Morgan fingerprint density at radius 2 is 1.87 bits per heavy atom. The Hall–Kier alpha value is -0.0800. The molecule has 2 heteroatoms. The first-order chi connectivity index (χ1) is 6.87. The zero-order chi connectivity index (χ0) is 11.5. The Bertz CT molecular complexity index is 184. The maximum absolute atomic E-state index is 5.87. The summed E-state index contributed by atoms with van der Waals surface area (Å²) < 4.78 is 0. The van der Waals surface area contributed by atoms with Gasteiger partial charge in [0.2, 0.25) is 0 Å². The van der Waals surface area contributed by atoms with Crippen LogP contribution in [0.25, 0.3) is 0 Å². The van der Waals surface area contributed by atoms with Crippen molar-refractivity contribution in [2.24, 2.45) is 16.6 Å². The molecule has 1 aliphatic carbocycles. The fourth-order valence-electron chi connectivity index (χ4n) is 2.28. The summed E-state index contributed by atoms with van der Waals surface area (Å²) in [5.74, 6) is 0. The molecule has 0 unspecified atom stereocenters. The van der Waals surface area contributed by atoms with Crippen molar-refractivity contribution in [2.75, 3.05) is 26.7 Å². The van der Waals surface area contributed by atoms with Crippen molar-refractivity contribution in [3.63, 3.8) is 0 Å². The molecule has 0 bridgehead atoms. The monoisotopic (exact) mass is 212 g/mol. The summed E-state index contributed by atoms with van der Waals surface area (Å²) in [5.41, 5.74) is 6.79. The van der Waals surface area contributed by atoms with E-state index in [0.717, 1.165) is 6.54 Å². The average Bonchev–Trinajstić information content (AvgIpc) is 2.07. The molecule has 2 nitrogen and oxygen atoms in total. The number of rotatable bonds is 5. The van der Waals surface area contributed by atoms with Crippen molar-refractivity contribution in [3.8, 4) is 0 Å². The van der Waals surface area contributed by atoms with E-state index >= 15 is 0 Å². The van der Waals surface area contributed by atoms with Gasteiger partial charge in [0.05, 0.1) is 0 Å². The van der Waals surface area contributed by atoms with Crippen molar-refractivity contribution >= 4 is 0 Å². The zero-order valence-corrected chi connectivity index (χ0v) is 11.0. The molecule has 2 N–H and O–H groups in total. The lowest BCUT2D eigenvalue weighted by atomic mass is 9.68. The van der Waals surface area contributed by atoms with Crippen LogP contribution < -0.4 is 5.73 Å². The lowest BCUT2D eigenvalue weighted by Crippen LogP contribution is -2.46. The van der Waals surface area contributed by atoms with Crippen LogP contribution in [0.2, 0.25) is 0 Å². The summed E-state index contributed by atoms with van der Waals surface area (Å²) in [7, 11) is 2.24. The van der Waals surface area contributed by atoms with Crippen molar-refractivity contribution in [1.82, 2.24) is 4.90 Å². The molecule has 1 fully saturated rings. The van der Waals surface area contributed by atoms with Crippen LogP contribution in [0.1, 0.15) is 46.5 Å². The normalized spacial score (nSPS) is 20.4.